The van der Waals surface area contributed by atoms with E-state index in [-0.39, 0.29) is 42.4 Å². The van der Waals surface area contributed by atoms with Crippen molar-refractivity contribution in [1.82, 2.24) is 9.21 Å². The van der Waals surface area contributed by atoms with E-state index in [0.717, 1.165) is 5.56 Å². The van der Waals surface area contributed by atoms with Crippen molar-refractivity contribution >= 4 is 15.9 Å². The Labute approximate surface area is 175 Å². The Bertz CT molecular complexity index is 986. The number of halogens is 2. The lowest BCUT2D eigenvalue weighted by Crippen LogP contribution is -2.50. The van der Waals surface area contributed by atoms with Gasteiger partial charge in [-0.25, -0.2) is 8.42 Å². The molecule has 1 aliphatic rings. The summed E-state index contributed by atoms with van der Waals surface area (Å²) in [5, 5.41) is 0. The average molecular weight is 438 g/mol. The number of alkyl halides is 2. The van der Waals surface area contributed by atoms with Gasteiger partial charge in [-0.05, 0) is 35.7 Å². The molecule has 0 spiro atoms. The topological polar surface area (TPSA) is 66.9 Å². The number of sulfonamides is 1. The number of carbonyl (C=O) groups excluding carboxylic acids is 1. The number of para-hydroxylation sites is 1. The summed E-state index contributed by atoms with van der Waals surface area (Å²) in [5.74, 6) is -0.365. The highest BCUT2D eigenvalue weighted by atomic mass is 32.2. The molecule has 0 N–H and O–H groups in total. The highest BCUT2D eigenvalue weighted by Crippen LogP contribution is 2.24. The van der Waals surface area contributed by atoms with Gasteiger partial charge in [-0.1, -0.05) is 38.1 Å². The Hall–Kier alpha value is -2.52. The van der Waals surface area contributed by atoms with Crippen LogP contribution in [0.15, 0.2) is 53.4 Å². The standard InChI is InChI=1S/C21H24F2N2O4S/c1-15(2)16-7-9-17(10-8-16)30(27,28)25-13-11-24(12-14-25)20(26)18-5-3-4-6-19(18)29-21(22)23/h3-10,15,21H,11-14H2,1-2H3. The van der Waals surface area contributed by atoms with Gasteiger partial charge >= 0.3 is 6.61 Å². The van der Waals surface area contributed by atoms with Crippen LogP contribution in [-0.2, 0) is 10.0 Å². The maximum absolute atomic E-state index is 12.9. The van der Waals surface area contributed by atoms with Gasteiger partial charge in [0.25, 0.3) is 5.91 Å². The predicted molar refractivity (Wildman–Crippen MR) is 108 cm³/mol. The van der Waals surface area contributed by atoms with Crippen LogP contribution in [0.5, 0.6) is 5.75 Å². The van der Waals surface area contributed by atoms with E-state index < -0.39 is 22.5 Å². The summed E-state index contributed by atoms with van der Waals surface area (Å²) in [5.41, 5.74) is 1.08. The van der Waals surface area contributed by atoms with Crippen LogP contribution in [0.1, 0.15) is 35.7 Å². The van der Waals surface area contributed by atoms with Gasteiger partial charge in [-0.15, -0.1) is 0 Å². The number of hydrogen-bond acceptors (Lipinski definition) is 4. The van der Waals surface area contributed by atoms with Crippen LogP contribution in [0.25, 0.3) is 0 Å². The second-order valence-electron chi connectivity index (χ2n) is 7.29. The molecule has 1 heterocycles. The Balaban J connectivity index is 1.69. The van der Waals surface area contributed by atoms with Crippen molar-refractivity contribution in [2.45, 2.75) is 31.3 Å². The Morgan fingerprint density at radius 1 is 0.967 bits per heavy atom. The monoisotopic (exact) mass is 438 g/mol. The molecule has 0 unspecified atom stereocenters. The smallest absolute Gasteiger partial charge is 0.387 e. The third-order valence-electron chi connectivity index (χ3n) is 5.04. The zero-order valence-corrected chi connectivity index (χ0v) is 17.6. The highest BCUT2D eigenvalue weighted by Gasteiger charge is 2.31. The van der Waals surface area contributed by atoms with Gasteiger partial charge < -0.3 is 9.64 Å². The van der Waals surface area contributed by atoms with E-state index in [1.165, 1.54) is 27.4 Å². The fraction of sp³-hybridized carbons (Fsp3) is 0.381. The Morgan fingerprint density at radius 2 is 1.57 bits per heavy atom. The van der Waals surface area contributed by atoms with Crippen molar-refractivity contribution < 1.29 is 26.7 Å². The summed E-state index contributed by atoms with van der Waals surface area (Å²) < 4.78 is 56.8. The summed E-state index contributed by atoms with van der Waals surface area (Å²) in [4.78, 5) is 14.4. The van der Waals surface area contributed by atoms with Gasteiger partial charge in [0.05, 0.1) is 10.5 Å². The normalized spacial score (nSPS) is 15.6. The first kappa shape index (κ1) is 22.2. The highest BCUT2D eigenvalue weighted by molar-refractivity contribution is 7.89. The molecule has 1 amide bonds. The van der Waals surface area contributed by atoms with E-state index >= 15 is 0 Å². The molecule has 1 fully saturated rings. The third-order valence-corrected chi connectivity index (χ3v) is 6.96. The van der Waals surface area contributed by atoms with Gasteiger partial charge in [0.1, 0.15) is 5.75 Å². The number of carbonyl (C=O) groups is 1. The number of amides is 1. The van der Waals surface area contributed by atoms with Crippen molar-refractivity contribution in [3.63, 3.8) is 0 Å². The molecular weight excluding hydrogens is 414 g/mol. The van der Waals surface area contributed by atoms with Gasteiger partial charge in [-0.2, -0.15) is 13.1 Å². The lowest BCUT2D eigenvalue weighted by Gasteiger charge is -2.34. The maximum atomic E-state index is 12.9. The summed E-state index contributed by atoms with van der Waals surface area (Å²) in [7, 11) is -3.67. The summed E-state index contributed by atoms with van der Waals surface area (Å²) >= 11 is 0. The molecule has 6 nitrogen and oxygen atoms in total. The van der Waals surface area contributed by atoms with E-state index in [9.17, 15) is 22.0 Å². The molecule has 2 aromatic carbocycles. The SMILES string of the molecule is CC(C)c1ccc(S(=O)(=O)N2CCN(C(=O)c3ccccc3OC(F)F)CC2)cc1. The van der Waals surface area contributed by atoms with E-state index in [2.05, 4.69) is 4.74 Å². The van der Waals surface area contributed by atoms with Crippen molar-refractivity contribution in [3.8, 4) is 5.75 Å². The van der Waals surface area contributed by atoms with Gasteiger partial charge in [-0.3, -0.25) is 4.79 Å². The van der Waals surface area contributed by atoms with E-state index in [1.54, 1.807) is 30.3 Å². The molecule has 9 heteroatoms. The number of benzene rings is 2. The molecule has 30 heavy (non-hydrogen) atoms. The third kappa shape index (κ3) is 4.79. The van der Waals surface area contributed by atoms with Crippen LogP contribution in [0, 0.1) is 0 Å². The van der Waals surface area contributed by atoms with Gasteiger partial charge in [0.15, 0.2) is 0 Å². The molecule has 0 bridgehead atoms. The first-order valence-electron chi connectivity index (χ1n) is 9.63. The quantitative estimate of drug-likeness (QED) is 0.692. The minimum absolute atomic E-state index is 0.0263. The predicted octanol–water partition coefficient (Wildman–Crippen LogP) is 3.56. The Kier molecular flexibility index (Phi) is 6.72. The van der Waals surface area contributed by atoms with E-state index in [0.29, 0.717) is 5.92 Å². The fourth-order valence-corrected chi connectivity index (χ4v) is 4.74. The van der Waals surface area contributed by atoms with Crippen LogP contribution in [0.4, 0.5) is 8.78 Å². The average Bonchev–Trinajstić information content (AvgIpc) is 2.73. The van der Waals surface area contributed by atoms with E-state index in [4.69, 9.17) is 0 Å². The minimum atomic E-state index is -3.67. The fourth-order valence-electron chi connectivity index (χ4n) is 3.32. The van der Waals surface area contributed by atoms with E-state index in [1.807, 2.05) is 13.8 Å². The number of rotatable bonds is 6. The van der Waals surface area contributed by atoms with Gasteiger partial charge in [0.2, 0.25) is 10.0 Å². The molecule has 0 saturated carbocycles. The summed E-state index contributed by atoms with van der Waals surface area (Å²) in [6, 6.07) is 12.6. The number of hydrogen-bond donors (Lipinski definition) is 0. The molecule has 0 aliphatic carbocycles. The molecule has 0 aromatic heterocycles. The first-order valence-corrected chi connectivity index (χ1v) is 11.1. The van der Waals surface area contributed by atoms with Crippen molar-refractivity contribution in [2.75, 3.05) is 26.2 Å². The molecule has 3 rings (SSSR count). The second kappa shape index (κ2) is 9.09. The van der Waals surface area contributed by atoms with Crippen LogP contribution < -0.4 is 4.74 Å². The molecular formula is C21H24F2N2O4S. The number of ether oxygens (including phenoxy) is 1. The van der Waals surface area contributed by atoms with Crippen molar-refractivity contribution in [2.24, 2.45) is 0 Å². The van der Waals surface area contributed by atoms with Gasteiger partial charge in [0, 0.05) is 26.2 Å². The second-order valence-corrected chi connectivity index (χ2v) is 9.23. The zero-order valence-electron chi connectivity index (χ0n) is 16.8. The van der Waals surface area contributed by atoms with Crippen LogP contribution in [-0.4, -0.2) is 56.3 Å². The van der Waals surface area contributed by atoms with Crippen molar-refractivity contribution in [3.05, 3.63) is 59.7 Å². The number of nitrogens with zero attached hydrogens (tertiary/aromatic N) is 2. The number of piperazine rings is 1. The molecule has 1 saturated heterocycles. The molecule has 0 atom stereocenters. The summed E-state index contributed by atoms with van der Waals surface area (Å²) in [6.45, 7) is 1.59. The molecule has 162 valence electrons. The zero-order chi connectivity index (χ0) is 21.9. The Morgan fingerprint density at radius 3 is 2.13 bits per heavy atom. The largest absolute Gasteiger partial charge is 0.434 e. The van der Waals surface area contributed by atoms with Crippen LogP contribution in [0.3, 0.4) is 0 Å². The lowest BCUT2D eigenvalue weighted by atomic mass is 10.0. The maximum Gasteiger partial charge on any atom is 0.387 e. The molecule has 0 radical (unpaired) electrons. The lowest BCUT2D eigenvalue weighted by molar-refractivity contribution is -0.0503. The molecule has 2 aromatic rings. The summed E-state index contributed by atoms with van der Waals surface area (Å²) in [6.07, 6.45) is 0. The molecule has 1 aliphatic heterocycles. The minimum Gasteiger partial charge on any atom is -0.434 e. The van der Waals surface area contributed by atoms with Crippen LogP contribution in [0.2, 0.25) is 0 Å². The van der Waals surface area contributed by atoms with Crippen LogP contribution >= 0.6 is 0 Å². The van der Waals surface area contributed by atoms with Crippen molar-refractivity contribution in [1.29, 1.82) is 0 Å². The first-order chi connectivity index (χ1) is 14.2.